The Labute approximate surface area is 146 Å². The number of H-pyrrole nitrogens is 1. The van der Waals surface area contributed by atoms with Crippen molar-refractivity contribution >= 4 is 22.8 Å². The highest BCUT2D eigenvalue weighted by Crippen LogP contribution is 2.27. The molecule has 1 aliphatic carbocycles. The molecule has 0 unspecified atom stereocenters. The number of aliphatic carboxylic acids is 1. The van der Waals surface area contributed by atoms with Gasteiger partial charge in [0, 0.05) is 48.6 Å². The van der Waals surface area contributed by atoms with Gasteiger partial charge in [0.25, 0.3) is 0 Å². The Balaban J connectivity index is 1.57. The van der Waals surface area contributed by atoms with E-state index >= 15 is 0 Å². The summed E-state index contributed by atoms with van der Waals surface area (Å²) in [7, 11) is 2.18. The van der Waals surface area contributed by atoms with Crippen molar-refractivity contribution < 1.29 is 19.4 Å². The third kappa shape index (κ3) is 4.82. The number of carbonyl (C=O) groups excluding carboxylic acids is 1. The Morgan fingerprint density at radius 3 is 2.84 bits per heavy atom. The van der Waals surface area contributed by atoms with Crippen molar-refractivity contribution in [3.8, 4) is 5.75 Å². The van der Waals surface area contributed by atoms with Gasteiger partial charge in [0.1, 0.15) is 5.75 Å². The van der Waals surface area contributed by atoms with E-state index in [1.165, 1.54) is 18.4 Å². The Morgan fingerprint density at radius 1 is 1.32 bits per heavy atom. The molecule has 6 heteroatoms. The van der Waals surface area contributed by atoms with Gasteiger partial charge in [-0.3, -0.25) is 9.59 Å². The summed E-state index contributed by atoms with van der Waals surface area (Å²) in [5, 5.41) is 9.74. The van der Waals surface area contributed by atoms with Crippen LogP contribution >= 0.6 is 0 Å². The van der Waals surface area contributed by atoms with Gasteiger partial charge in [-0.15, -0.1) is 0 Å². The van der Waals surface area contributed by atoms with Crippen LogP contribution in [0.4, 0.5) is 0 Å². The number of carboxylic acid groups (broad SMARTS) is 1. The number of hydrogen-bond donors (Lipinski definition) is 2. The van der Waals surface area contributed by atoms with Gasteiger partial charge in [0.2, 0.25) is 0 Å². The first-order valence-electron chi connectivity index (χ1n) is 8.75. The summed E-state index contributed by atoms with van der Waals surface area (Å²) in [6.45, 7) is 1.04. The second kappa shape index (κ2) is 7.70. The number of ether oxygens (including phenoxy) is 1. The van der Waals surface area contributed by atoms with Gasteiger partial charge in [0.05, 0.1) is 0 Å². The van der Waals surface area contributed by atoms with Crippen molar-refractivity contribution in [2.75, 3.05) is 13.6 Å². The van der Waals surface area contributed by atoms with E-state index in [1.807, 2.05) is 18.3 Å². The van der Waals surface area contributed by atoms with E-state index in [4.69, 9.17) is 9.84 Å². The fraction of sp³-hybridized carbons (Fsp3) is 0.474. The highest BCUT2D eigenvalue weighted by molar-refractivity contribution is 5.85. The minimum atomic E-state index is -0.902. The van der Waals surface area contributed by atoms with Crippen LogP contribution in [0.1, 0.15) is 37.7 Å². The van der Waals surface area contributed by atoms with Gasteiger partial charge in [0.15, 0.2) is 0 Å². The quantitative estimate of drug-likeness (QED) is 0.540. The van der Waals surface area contributed by atoms with E-state index in [0.717, 1.165) is 29.9 Å². The molecule has 3 rings (SSSR count). The van der Waals surface area contributed by atoms with E-state index in [0.29, 0.717) is 5.75 Å². The molecule has 0 bridgehead atoms. The van der Waals surface area contributed by atoms with Crippen LogP contribution in [-0.4, -0.2) is 46.6 Å². The summed E-state index contributed by atoms with van der Waals surface area (Å²) in [6.07, 6.45) is 6.00. The van der Waals surface area contributed by atoms with Gasteiger partial charge in [-0.05, 0) is 50.4 Å². The summed E-state index contributed by atoms with van der Waals surface area (Å²) in [5.41, 5.74) is 2.21. The molecule has 1 fully saturated rings. The first kappa shape index (κ1) is 17.5. The maximum Gasteiger partial charge on any atom is 0.311 e. The molecule has 1 aliphatic rings. The molecular formula is C19H24N2O4. The minimum Gasteiger partial charge on any atom is -0.481 e. The largest absolute Gasteiger partial charge is 0.481 e. The molecule has 0 amide bonds. The molecule has 0 radical (unpaired) electrons. The smallest absolute Gasteiger partial charge is 0.311 e. The van der Waals surface area contributed by atoms with Crippen LogP contribution in [0, 0.1) is 0 Å². The predicted molar refractivity (Wildman–Crippen MR) is 94.8 cm³/mol. The van der Waals surface area contributed by atoms with Crippen molar-refractivity contribution in [3.63, 3.8) is 0 Å². The second-order valence-corrected chi connectivity index (χ2v) is 6.70. The lowest BCUT2D eigenvalue weighted by molar-refractivity contribution is -0.137. The Morgan fingerprint density at radius 2 is 2.12 bits per heavy atom. The third-order valence-electron chi connectivity index (χ3n) is 4.65. The van der Waals surface area contributed by atoms with Crippen LogP contribution in [0.5, 0.6) is 5.75 Å². The highest BCUT2D eigenvalue weighted by Gasteiger charge is 2.25. The molecule has 0 spiro atoms. The fourth-order valence-electron chi connectivity index (χ4n) is 3.00. The maximum absolute atomic E-state index is 11.8. The number of nitrogens with one attached hydrogen (secondary N) is 1. The van der Waals surface area contributed by atoms with E-state index in [-0.39, 0.29) is 19.3 Å². The number of rotatable bonds is 9. The van der Waals surface area contributed by atoms with E-state index in [9.17, 15) is 9.59 Å². The molecule has 6 nitrogen and oxygen atoms in total. The monoisotopic (exact) mass is 344 g/mol. The molecule has 2 N–H and O–H groups in total. The van der Waals surface area contributed by atoms with E-state index in [2.05, 4.69) is 16.9 Å². The van der Waals surface area contributed by atoms with Gasteiger partial charge in [-0.25, -0.2) is 0 Å². The summed E-state index contributed by atoms with van der Waals surface area (Å²) in [5.74, 6) is -0.824. The van der Waals surface area contributed by atoms with Crippen LogP contribution in [0.25, 0.3) is 10.9 Å². The fourth-order valence-corrected chi connectivity index (χ4v) is 3.00. The SMILES string of the molecule is CN(CCc1c[nH]c2cc(OC(=O)CCCC(=O)O)ccc12)C1CC1. The molecule has 0 aliphatic heterocycles. The highest BCUT2D eigenvalue weighted by atomic mass is 16.5. The first-order valence-corrected chi connectivity index (χ1v) is 8.75. The summed E-state index contributed by atoms with van der Waals surface area (Å²) >= 11 is 0. The summed E-state index contributed by atoms with van der Waals surface area (Å²) in [6, 6.07) is 6.34. The molecule has 0 saturated heterocycles. The zero-order valence-electron chi connectivity index (χ0n) is 14.5. The molecular weight excluding hydrogens is 320 g/mol. The number of likely N-dealkylation sites (N-methyl/N-ethyl adjacent to an activating group) is 1. The predicted octanol–water partition coefficient (Wildman–Crippen LogP) is 2.96. The normalized spacial score (nSPS) is 14.2. The van der Waals surface area contributed by atoms with Gasteiger partial charge >= 0.3 is 11.9 Å². The van der Waals surface area contributed by atoms with Gasteiger partial charge in [-0.2, -0.15) is 0 Å². The maximum atomic E-state index is 11.8. The number of hydrogen-bond acceptors (Lipinski definition) is 4. The number of benzene rings is 1. The number of aromatic nitrogens is 1. The molecule has 0 atom stereocenters. The number of carbonyl (C=O) groups is 2. The number of aromatic amines is 1. The molecule has 1 saturated carbocycles. The van der Waals surface area contributed by atoms with Crippen molar-refractivity contribution in [3.05, 3.63) is 30.0 Å². The van der Waals surface area contributed by atoms with Crippen molar-refractivity contribution in [1.82, 2.24) is 9.88 Å². The number of esters is 1. The van der Waals surface area contributed by atoms with Gasteiger partial charge in [-0.1, -0.05) is 0 Å². The average Bonchev–Trinajstić information content (AvgIpc) is 3.34. The zero-order valence-corrected chi connectivity index (χ0v) is 14.5. The number of carboxylic acids is 1. The topological polar surface area (TPSA) is 82.6 Å². The van der Waals surface area contributed by atoms with Crippen LogP contribution in [0.2, 0.25) is 0 Å². The van der Waals surface area contributed by atoms with Crippen molar-refractivity contribution in [1.29, 1.82) is 0 Å². The lowest BCUT2D eigenvalue weighted by Crippen LogP contribution is -2.23. The number of fused-ring (bicyclic) bond motifs is 1. The summed E-state index contributed by atoms with van der Waals surface area (Å²) < 4.78 is 5.29. The van der Waals surface area contributed by atoms with Crippen molar-refractivity contribution in [2.24, 2.45) is 0 Å². The zero-order chi connectivity index (χ0) is 17.8. The lowest BCUT2D eigenvalue weighted by Gasteiger charge is -2.14. The van der Waals surface area contributed by atoms with Crippen LogP contribution in [-0.2, 0) is 16.0 Å². The van der Waals surface area contributed by atoms with E-state index in [1.54, 1.807) is 6.07 Å². The standard InChI is InChI=1S/C19H24N2O4/c1-21(14-5-6-14)10-9-13-12-20-17-11-15(7-8-16(13)17)25-19(24)4-2-3-18(22)23/h7-8,11-12,14,20H,2-6,9-10H2,1H3,(H,22,23). The molecule has 1 aromatic carbocycles. The van der Waals surface area contributed by atoms with Crippen LogP contribution in [0.15, 0.2) is 24.4 Å². The van der Waals surface area contributed by atoms with E-state index < -0.39 is 11.9 Å². The van der Waals surface area contributed by atoms with Crippen LogP contribution in [0.3, 0.4) is 0 Å². The Kier molecular flexibility index (Phi) is 5.38. The molecule has 1 heterocycles. The van der Waals surface area contributed by atoms with Crippen LogP contribution < -0.4 is 4.74 Å². The first-order chi connectivity index (χ1) is 12.0. The Hall–Kier alpha value is -2.34. The molecule has 2 aromatic rings. The number of nitrogens with zero attached hydrogens (tertiary/aromatic N) is 1. The molecule has 25 heavy (non-hydrogen) atoms. The molecule has 1 aromatic heterocycles. The second-order valence-electron chi connectivity index (χ2n) is 6.70. The Bertz CT molecular complexity index is 764. The average molecular weight is 344 g/mol. The molecule has 134 valence electrons. The lowest BCUT2D eigenvalue weighted by atomic mass is 10.1. The summed E-state index contributed by atoms with van der Waals surface area (Å²) in [4.78, 5) is 27.9. The minimum absolute atomic E-state index is 0.0244. The van der Waals surface area contributed by atoms with Crippen molar-refractivity contribution in [2.45, 2.75) is 44.6 Å². The van der Waals surface area contributed by atoms with Gasteiger partial charge < -0.3 is 19.7 Å². The third-order valence-corrected chi connectivity index (χ3v) is 4.65.